The van der Waals surface area contributed by atoms with Crippen molar-refractivity contribution in [3.05, 3.63) is 71.8 Å². The molecule has 224 valence electrons. The van der Waals surface area contributed by atoms with Crippen LogP contribution in [0.4, 0.5) is 0 Å². The number of phenols is 1. The van der Waals surface area contributed by atoms with Crippen molar-refractivity contribution in [1.29, 1.82) is 0 Å². The number of rotatable bonds is 12. The van der Waals surface area contributed by atoms with Gasteiger partial charge in [-0.25, -0.2) is 8.42 Å². The highest BCUT2D eigenvalue weighted by molar-refractivity contribution is 7.91. The smallest absolute Gasteiger partial charge is 0.313 e. The first kappa shape index (κ1) is 31.2. The Bertz CT molecular complexity index is 1640. The van der Waals surface area contributed by atoms with Crippen LogP contribution in [0.3, 0.4) is 0 Å². The van der Waals surface area contributed by atoms with Crippen LogP contribution >= 0.6 is 0 Å². The van der Waals surface area contributed by atoms with E-state index >= 15 is 0 Å². The maximum atomic E-state index is 13.2. The van der Waals surface area contributed by atoms with E-state index in [1.807, 2.05) is 26.8 Å². The summed E-state index contributed by atoms with van der Waals surface area (Å²) in [5.41, 5.74) is 2.00. The molecular formula is C33H41N3O5S. The number of benzene rings is 3. The molecule has 0 aliphatic rings. The van der Waals surface area contributed by atoms with Gasteiger partial charge in [0.05, 0.1) is 22.3 Å². The molecule has 0 bridgehead atoms. The lowest BCUT2D eigenvalue weighted by atomic mass is 9.83. The zero-order valence-corrected chi connectivity index (χ0v) is 25.9. The van der Waals surface area contributed by atoms with Gasteiger partial charge in [0.1, 0.15) is 22.5 Å². The van der Waals surface area contributed by atoms with Crippen molar-refractivity contribution < 1.29 is 23.1 Å². The second-order valence-electron chi connectivity index (χ2n) is 11.8. The summed E-state index contributed by atoms with van der Waals surface area (Å²) < 4.78 is 31.9. The van der Waals surface area contributed by atoms with Gasteiger partial charge in [-0.15, -0.1) is 15.0 Å². The molecule has 1 atom stereocenters. The normalized spacial score (nSPS) is 12.9. The minimum atomic E-state index is -3.74. The number of carbonyl (C=O) groups is 1. The van der Waals surface area contributed by atoms with Crippen LogP contribution in [0.2, 0.25) is 0 Å². The van der Waals surface area contributed by atoms with E-state index in [0.717, 1.165) is 19.3 Å². The number of fused-ring (bicyclic) bond motifs is 1. The van der Waals surface area contributed by atoms with Crippen molar-refractivity contribution in [1.82, 2.24) is 15.0 Å². The SMILES string of the molecule is CCCCCCCCOC(=O)C(C)c1cc(-n2nc3ccc(S(=O)(=O)c4ccccc4)cc3n2)c(O)c(C(C)(C)C)c1. The summed E-state index contributed by atoms with van der Waals surface area (Å²) in [7, 11) is -3.74. The van der Waals surface area contributed by atoms with E-state index in [2.05, 4.69) is 17.1 Å². The average Bonchev–Trinajstić information content (AvgIpc) is 3.39. The highest BCUT2D eigenvalue weighted by Crippen LogP contribution is 2.38. The Morgan fingerprint density at radius 3 is 2.26 bits per heavy atom. The van der Waals surface area contributed by atoms with Crippen molar-refractivity contribution >= 4 is 26.8 Å². The number of aromatic hydroxyl groups is 1. The topological polar surface area (TPSA) is 111 Å². The van der Waals surface area contributed by atoms with Gasteiger partial charge in [-0.3, -0.25) is 4.79 Å². The molecule has 0 amide bonds. The summed E-state index contributed by atoms with van der Waals surface area (Å²) in [5, 5.41) is 20.4. The third kappa shape index (κ3) is 7.01. The van der Waals surface area contributed by atoms with Gasteiger partial charge in [-0.1, -0.05) is 84.1 Å². The quantitative estimate of drug-likeness (QED) is 0.136. The molecule has 0 fully saturated rings. The standard InChI is InChI=1S/C33H41N3O5S/c1-6-7-8-9-10-14-19-41-32(38)23(2)24-20-27(33(3,4)5)31(37)30(21-24)36-34-28-18-17-26(22-29(28)35-36)42(39,40)25-15-12-11-13-16-25/h11-13,15-18,20-23,37H,6-10,14,19H2,1-5H3. The molecule has 8 nitrogen and oxygen atoms in total. The summed E-state index contributed by atoms with van der Waals surface area (Å²) in [6.45, 7) is 10.3. The number of hydrogen-bond acceptors (Lipinski definition) is 7. The molecule has 42 heavy (non-hydrogen) atoms. The highest BCUT2D eigenvalue weighted by Gasteiger charge is 2.27. The van der Waals surface area contributed by atoms with E-state index in [-0.39, 0.29) is 21.5 Å². The molecular weight excluding hydrogens is 550 g/mol. The van der Waals surface area contributed by atoms with Crippen molar-refractivity contribution in [2.24, 2.45) is 0 Å². The number of carbonyl (C=O) groups excluding carboxylic acids is 1. The molecule has 1 aromatic heterocycles. The average molecular weight is 592 g/mol. The summed E-state index contributed by atoms with van der Waals surface area (Å²) >= 11 is 0. The molecule has 4 rings (SSSR count). The van der Waals surface area contributed by atoms with Crippen LogP contribution in [0.1, 0.15) is 90.2 Å². The monoisotopic (exact) mass is 591 g/mol. The minimum Gasteiger partial charge on any atom is -0.505 e. The highest BCUT2D eigenvalue weighted by atomic mass is 32.2. The second kappa shape index (κ2) is 13.1. The molecule has 9 heteroatoms. The Labute approximate surface area is 248 Å². The number of hydrogen-bond donors (Lipinski definition) is 1. The third-order valence-corrected chi connectivity index (χ3v) is 9.21. The second-order valence-corrected chi connectivity index (χ2v) is 13.7. The molecule has 4 aromatic rings. The predicted octanol–water partition coefficient (Wildman–Crippen LogP) is 7.26. The Hall–Kier alpha value is -3.72. The first-order chi connectivity index (χ1) is 19.9. The van der Waals surface area contributed by atoms with Crippen LogP contribution < -0.4 is 0 Å². The zero-order valence-electron chi connectivity index (χ0n) is 25.1. The van der Waals surface area contributed by atoms with Crippen molar-refractivity contribution in [2.45, 2.75) is 94.3 Å². The number of ether oxygens (including phenoxy) is 1. The molecule has 1 N–H and O–H groups in total. The third-order valence-electron chi connectivity index (χ3n) is 7.45. The minimum absolute atomic E-state index is 0.00340. The van der Waals surface area contributed by atoms with E-state index in [1.54, 1.807) is 49.4 Å². The molecule has 0 radical (unpaired) electrons. The van der Waals surface area contributed by atoms with Gasteiger partial charge >= 0.3 is 5.97 Å². The van der Waals surface area contributed by atoms with E-state index in [1.165, 1.54) is 36.2 Å². The molecule has 0 saturated heterocycles. The number of phenolic OH excluding ortho intramolecular Hbond substituents is 1. The lowest BCUT2D eigenvalue weighted by molar-refractivity contribution is -0.145. The van der Waals surface area contributed by atoms with Crippen molar-refractivity contribution in [3.63, 3.8) is 0 Å². The van der Waals surface area contributed by atoms with Gasteiger partial charge in [0, 0.05) is 5.56 Å². The van der Waals surface area contributed by atoms with Crippen LogP contribution in [0.5, 0.6) is 5.75 Å². The van der Waals surface area contributed by atoms with Gasteiger partial charge in [-0.05, 0) is 60.7 Å². The van der Waals surface area contributed by atoms with Crippen LogP contribution in [-0.4, -0.2) is 41.1 Å². The fourth-order valence-corrected chi connectivity index (χ4v) is 6.14. The van der Waals surface area contributed by atoms with Gasteiger partial charge in [-0.2, -0.15) is 0 Å². The van der Waals surface area contributed by atoms with Crippen LogP contribution in [0.15, 0.2) is 70.5 Å². The van der Waals surface area contributed by atoms with Gasteiger partial charge < -0.3 is 9.84 Å². The maximum Gasteiger partial charge on any atom is 0.313 e. The van der Waals surface area contributed by atoms with Crippen LogP contribution in [-0.2, 0) is 24.8 Å². The molecule has 1 unspecified atom stereocenters. The fourth-order valence-electron chi connectivity index (χ4n) is 4.84. The number of unbranched alkanes of at least 4 members (excludes halogenated alkanes) is 5. The molecule has 0 spiro atoms. The van der Waals surface area contributed by atoms with Crippen LogP contribution in [0, 0.1) is 0 Å². The Morgan fingerprint density at radius 2 is 1.57 bits per heavy atom. The number of aromatic nitrogens is 3. The van der Waals surface area contributed by atoms with E-state index in [9.17, 15) is 18.3 Å². The molecule has 3 aromatic carbocycles. The maximum absolute atomic E-state index is 13.2. The van der Waals surface area contributed by atoms with Gasteiger partial charge in [0.15, 0.2) is 0 Å². The summed E-state index contributed by atoms with van der Waals surface area (Å²) in [5.74, 6) is -0.899. The molecule has 0 aliphatic heterocycles. The largest absolute Gasteiger partial charge is 0.505 e. The first-order valence-electron chi connectivity index (χ1n) is 14.6. The van der Waals surface area contributed by atoms with Crippen LogP contribution in [0.25, 0.3) is 16.7 Å². The predicted molar refractivity (Wildman–Crippen MR) is 164 cm³/mol. The lowest BCUT2D eigenvalue weighted by Crippen LogP contribution is -2.18. The van der Waals surface area contributed by atoms with Crippen molar-refractivity contribution in [3.8, 4) is 11.4 Å². The van der Waals surface area contributed by atoms with Crippen molar-refractivity contribution in [2.75, 3.05) is 6.61 Å². The number of esters is 1. The molecule has 1 heterocycles. The summed E-state index contributed by atoms with van der Waals surface area (Å²) in [6, 6.07) is 16.3. The Morgan fingerprint density at radius 1 is 0.905 bits per heavy atom. The van der Waals surface area contributed by atoms with E-state index < -0.39 is 21.2 Å². The summed E-state index contributed by atoms with van der Waals surface area (Å²) in [4.78, 5) is 14.6. The number of sulfone groups is 1. The zero-order chi connectivity index (χ0) is 30.5. The fraction of sp³-hybridized carbons (Fsp3) is 0.424. The summed E-state index contributed by atoms with van der Waals surface area (Å²) in [6.07, 6.45) is 6.63. The first-order valence-corrected chi connectivity index (χ1v) is 16.1. The number of nitrogens with zero attached hydrogens (tertiary/aromatic N) is 3. The van der Waals surface area contributed by atoms with E-state index in [0.29, 0.717) is 34.5 Å². The van der Waals surface area contributed by atoms with E-state index in [4.69, 9.17) is 4.74 Å². The van der Waals surface area contributed by atoms with Gasteiger partial charge in [0.25, 0.3) is 0 Å². The Balaban J connectivity index is 1.64. The molecule has 0 aliphatic carbocycles. The van der Waals surface area contributed by atoms with Gasteiger partial charge in [0.2, 0.25) is 9.84 Å². The molecule has 0 saturated carbocycles. The lowest BCUT2D eigenvalue weighted by Gasteiger charge is -2.24. The Kier molecular flexibility index (Phi) is 9.71.